The van der Waals surface area contributed by atoms with Gasteiger partial charge in [0.25, 0.3) is 5.91 Å². The van der Waals surface area contributed by atoms with E-state index in [9.17, 15) is 9.90 Å². The molecule has 1 aromatic rings. The Kier molecular flexibility index (Phi) is 5.01. The zero-order valence-corrected chi connectivity index (χ0v) is 12.1. The highest BCUT2D eigenvalue weighted by molar-refractivity contribution is 5.77. The normalized spacial score (nSPS) is 21.4. The van der Waals surface area contributed by atoms with Gasteiger partial charge < -0.3 is 15.2 Å². The number of ether oxygens (including phenoxy) is 1. The molecule has 0 heterocycles. The first-order valence-corrected chi connectivity index (χ1v) is 7.22. The number of carbonyl (C=O) groups excluding carboxylic acids is 1. The quantitative estimate of drug-likeness (QED) is 0.837. The Hall–Kier alpha value is -1.55. The highest BCUT2D eigenvalue weighted by Gasteiger charge is 2.27. The van der Waals surface area contributed by atoms with Crippen molar-refractivity contribution in [1.29, 1.82) is 0 Å². The van der Waals surface area contributed by atoms with Crippen LogP contribution in [0.3, 0.4) is 0 Å². The Morgan fingerprint density at radius 3 is 2.75 bits per heavy atom. The van der Waals surface area contributed by atoms with E-state index >= 15 is 0 Å². The maximum absolute atomic E-state index is 11.7. The molecule has 0 radical (unpaired) electrons. The minimum Gasteiger partial charge on any atom is -0.483 e. The highest BCUT2D eigenvalue weighted by Crippen LogP contribution is 2.26. The lowest BCUT2D eigenvalue weighted by molar-refractivity contribution is -0.123. The maximum Gasteiger partial charge on any atom is 0.257 e. The van der Waals surface area contributed by atoms with Crippen molar-refractivity contribution < 1.29 is 14.6 Å². The predicted molar refractivity (Wildman–Crippen MR) is 77.8 cm³/mol. The van der Waals surface area contributed by atoms with Crippen LogP contribution in [-0.4, -0.2) is 30.3 Å². The topological polar surface area (TPSA) is 58.6 Å². The molecular formula is C16H23NO3. The molecule has 4 heteroatoms. The second kappa shape index (κ2) is 6.75. The molecule has 0 saturated heterocycles. The largest absolute Gasteiger partial charge is 0.483 e. The van der Waals surface area contributed by atoms with Gasteiger partial charge in [0, 0.05) is 6.54 Å². The van der Waals surface area contributed by atoms with Crippen LogP contribution in [0.25, 0.3) is 0 Å². The molecule has 1 aromatic carbocycles. The van der Waals surface area contributed by atoms with Crippen molar-refractivity contribution in [3.05, 3.63) is 29.8 Å². The molecule has 1 saturated carbocycles. The van der Waals surface area contributed by atoms with Gasteiger partial charge in [-0.25, -0.2) is 0 Å². The number of hydrogen-bond acceptors (Lipinski definition) is 3. The molecule has 1 aliphatic rings. The van der Waals surface area contributed by atoms with E-state index in [0.29, 0.717) is 18.4 Å². The molecule has 0 atom stereocenters. The third-order valence-electron chi connectivity index (χ3n) is 3.70. The SMILES string of the molecule is CC(C)c1ccccc1OCC(=O)NCC1CC(O)C1. The number of amides is 1. The zero-order chi connectivity index (χ0) is 14.5. The molecule has 20 heavy (non-hydrogen) atoms. The summed E-state index contributed by atoms with van der Waals surface area (Å²) in [6.45, 7) is 4.87. The number of hydrogen-bond donors (Lipinski definition) is 2. The number of aliphatic hydroxyl groups excluding tert-OH is 1. The van der Waals surface area contributed by atoms with Crippen LogP contribution in [0.5, 0.6) is 5.75 Å². The van der Waals surface area contributed by atoms with Crippen LogP contribution in [0.15, 0.2) is 24.3 Å². The summed E-state index contributed by atoms with van der Waals surface area (Å²) in [5.41, 5.74) is 1.11. The number of aliphatic hydroxyl groups is 1. The van der Waals surface area contributed by atoms with Crippen LogP contribution < -0.4 is 10.1 Å². The Bertz CT molecular complexity index is 453. The zero-order valence-electron chi connectivity index (χ0n) is 12.1. The number of carbonyl (C=O) groups is 1. The minimum absolute atomic E-state index is 0.0407. The lowest BCUT2D eigenvalue weighted by atomic mass is 9.82. The van der Waals surface area contributed by atoms with Crippen molar-refractivity contribution in [1.82, 2.24) is 5.32 Å². The molecule has 4 nitrogen and oxygen atoms in total. The van der Waals surface area contributed by atoms with Crippen LogP contribution >= 0.6 is 0 Å². The van der Waals surface area contributed by atoms with E-state index in [2.05, 4.69) is 19.2 Å². The second-order valence-electron chi connectivity index (χ2n) is 5.78. The molecule has 110 valence electrons. The van der Waals surface area contributed by atoms with Crippen LogP contribution in [0.2, 0.25) is 0 Å². The van der Waals surface area contributed by atoms with E-state index in [1.54, 1.807) is 0 Å². The van der Waals surface area contributed by atoms with E-state index in [1.165, 1.54) is 0 Å². The molecular weight excluding hydrogens is 254 g/mol. The van der Waals surface area contributed by atoms with Crippen molar-refractivity contribution in [3.8, 4) is 5.75 Å². The first kappa shape index (κ1) is 14.9. The fraction of sp³-hybridized carbons (Fsp3) is 0.562. The molecule has 0 aliphatic heterocycles. The lowest BCUT2D eigenvalue weighted by Crippen LogP contribution is -2.40. The smallest absolute Gasteiger partial charge is 0.257 e. The van der Waals surface area contributed by atoms with E-state index in [4.69, 9.17) is 4.74 Å². The summed E-state index contributed by atoms with van der Waals surface area (Å²) in [5, 5.41) is 12.0. The summed E-state index contributed by atoms with van der Waals surface area (Å²) in [4.78, 5) is 11.7. The van der Waals surface area contributed by atoms with Crippen molar-refractivity contribution >= 4 is 5.91 Å². The van der Waals surface area contributed by atoms with Gasteiger partial charge in [-0.15, -0.1) is 0 Å². The van der Waals surface area contributed by atoms with Gasteiger partial charge in [-0.3, -0.25) is 4.79 Å². The molecule has 0 bridgehead atoms. The molecule has 1 amide bonds. The third-order valence-corrected chi connectivity index (χ3v) is 3.70. The third kappa shape index (κ3) is 3.97. The predicted octanol–water partition coefficient (Wildman–Crippen LogP) is 2.08. The fourth-order valence-corrected chi connectivity index (χ4v) is 2.41. The van der Waals surface area contributed by atoms with Crippen LogP contribution in [-0.2, 0) is 4.79 Å². The summed E-state index contributed by atoms with van der Waals surface area (Å²) >= 11 is 0. The van der Waals surface area contributed by atoms with Crippen LogP contribution in [0.1, 0.15) is 38.2 Å². The lowest BCUT2D eigenvalue weighted by Gasteiger charge is -2.31. The molecule has 1 fully saturated rings. The van der Waals surface area contributed by atoms with E-state index in [-0.39, 0.29) is 18.6 Å². The molecule has 1 aliphatic carbocycles. The van der Waals surface area contributed by atoms with Gasteiger partial charge in [-0.2, -0.15) is 0 Å². The van der Waals surface area contributed by atoms with Crippen molar-refractivity contribution in [2.24, 2.45) is 5.92 Å². The fourth-order valence-electron chi connectivity index (χ4n) is 2.41. The molecule has 0 aromatic heterocycles. The van der Waals surface area contributed by atoms with E-state index < -0.39 is 0 Å². The number of para-hydroxylation sites is 1. The number of benzene rings is 1. The van der Waals surface area contributed by atoms with Gasteiger partial charge in [0.05, 0.1) is 6.10 Å². The first-order valence-electron chi connectivity index (χ1n) is 7.22. The number of rotatable bonds is 6. The second-order valence-corrected chi connectivity index (χ2v) is 5.78. The summed E-state index contributed by atoms with van der Waals surface area (Å²) in [5.74, 6) is 1.45. The summed E-state index contributed by atoms with van der Waals surface area (Å²) in [6.07, 6.45) is 1.40. The number of nitrogens with one attached hydrogen (secondary N) is 1. The minimum atomic E-state index is -0.175. The van der Waals surface area contributed by atoms with Crippen LogP contribution in [0, 0.1) is 5.92 Å². The highest BCUT2D eigenvalue weighted by atomic mass is 16.5. The molecule has 2 N–H and O–H groups in total. The Balaban J connectivity index is 1.75. The average Bonchev–Trinajstić information content (AvgIpc) is 2.40. The van der Waals surface area contributed by atoms with Gasteiger partial charge in [0.2, 0.25) is 0 Å². The molecule has 0 unspecified atom stereocenters. The van der Waals surface area contributed by atoms with Crippen LogP contribution in [0.4, 0.5) is 0 Å². The summed E-state index contributed by atoms with van der Waals surface area (Å²) in [7, 11) is 0. The summed E-state index contributed by atoms with van der Waals surface area (Å²) < 4.78 is 5.60. The van der Waals surface area contributed by atoms with Gasteiger partial charge in [-0.05, 0) is 36.3 Å². The van der Waals surface area contributed by atoms with Gasteiger partial charge in [0.1, 0.15) is 5.75 Å². The Labute approximate surface area is 120 Å². The Morgan fingerprint density at radius 1 is 1.40 bits per heavy atom. The standard InChI is InChI=1S/C16H23NO3/c1-11(2)14-5-3-4-6-15(14)20-10-16(19)17-9-12-7-13(18)8-12/h3-6,11-13,18H,7-10H2,1-2H3,(H,17,19). The molecule has 2 rings (SSSR count). The van der Waals surface area contributed by atoms with E-state index in [1.807, 2.05) is 24.3 Å². The monoisotopic (exact) mass is 277 g/mol. The Morgan fingerprint density at radius 2 is 2.10 bits per heavy atom. The van der Waals surface area contributed by atoms with E-state index in [0.717, 1.165) is 24.2 Å². The van der Waals surface area contributed by atoms with Gasteiger partial charge in [0.15, 0.2) is 6.61 Å². The van der Waals surface area contributed by atoms with Gasteiger partial charge >= 0.3 is 0 Å². The summed E-state index contributed by atoms with van der Waals surface area (Å²) in [6, 6.07) is 7.80. The molecule has 0 spiro atoms. The van der Waals surface area contributed by atoms with Crippen molar-refractivity contribution in [3.63, 3.8) is 0 Å². The van der Waals surface area contributed by atoms with Crippen molar-refractivity contribution in [2.75, 3.05) is 13.2 Å². The maximum atomic E-state index is 11.7. The van der Waals surface area contributed by atoms with Crippen molar-refractivity contribution in [2.45, 2.75) is 38.7 Å². The first-order chi connectivity index (χ1) is 9.56. The average molecular weight is 277 g/mol. The van der Waals surface area contributed by atoms with Gasteiger partial charge in [-0.1, -0.05) is 32.0 Å².